The maximum Gasteiger partial charge on any atom is 0.255 e. The van der Waals surface area contributed by atoms with E-state index in [9.17, 15) is 4.79 Å². The Balaban J connectivity index is 1.66. The Labute approximate surface area is 192 Å². The number of pyridine rings is 1. The van der Waals surface area contributed by atoms with Crippen LogP contribution in [-0.4, -0.2) is 42.8 Å². The van der Waals surface area contributed by atoms with Crippen molar-refractivity contribution in [1.82, 2.24) is 9.88 Å². The standard InChI is InChI=1S/C25H30N2O4S/c1-25(2,29-3)16-26-13-18-11-17-9-10-20(32-4)12-21(17)27(24(18)28)14-19-15-30-22-7-5-6-8-23(22)31-19/h5-12,19,26H,13-16H2,1-4H3/t19-/m0/s1. The highest BCUT2D eigenvalue weighted by Gasteiger charge is 2.23. The second-order valence-electron chi connectivity index (χ2n) is 8.58. The molecule has 0 saturated heterocycles. The number of methoxy groups -OCH3 is 1. The van der Waals surface area contributed by atoms with Gasteiger partial charge in [0.2, 0.25) is 0 Å². The Kier molecular flexibility index (Phi) is 6.79. The second-order valence-corrected chi connectivity index (χ2v) is 9.45. The number of hydrogen-bond donors (Lipinski definition) is 1. The van der Waals surface area contributed by atoms with Crippen molar-refractivity contribution >= 4 is 22.7 Å². The fraction of sp³-hybridized carbons (Fsp3) is 0.400. The molecule has 1 aliphatic heterocycles. The van der Waals surface area contributed by atoms with Crippen molar-refractivity contribution in [2.24, 2.45) is 0 Å². The average Bonchev–Trinajstić information content (AvgIpc) is 2.81. The van der Waals surface area contributed by atoms with Crippen molar-refractivity contribution in [2.75, 3.05) is 26.5 Å². The van der Waals surface area contributed by atoms with Crippen molar-refractivity contribution in [3.63, 3.8) is 0 Å². The van der Waals surface area contributed by atoms with E-state index >= 15 is 0 Å². The van der Waals surface area contributed by atoms with E-state index in [1.165, 1.54) is 0 Å². The highest BCUT2D eigenvalue weighted by molar-refractivity contribution is 7.98. The molecule has 1 aliphatic rings. The summed E-state index contributed by atoms with van der Waals surface area (Å²) in [5.74, 6) is 1.45. The van der Waals surface area contributed by atoms with Crippen molar-refractivity contribution in [1.29, 1.82) is 0 Å². The SMILES string of the molecule is COC(C)(C)CNCc1cc2ccc(SC)cc2n(C[C@H]2COc3ccccc3O2)c1=O. The predicted molar refractivity (Wildman–Crippen MR) is 129 cm³/mol. The minimum absolute atomic E-state index is 0.0130. The lowest BCUT2D eigenvalue weighted by Gasteiger charge is -2.27. The smallest absolute Gasteiger partial charge is 0.255 e. The van der Waals surface area contributed by atoms with Gasteiger partial charge in [-0.15, -0.1) is 11.8 Å². The van der Waals surface area contributed by atoms with E-state index in [4.69, 9.17) is 14.2 Å². The van der Waals surface area contributed by atoms with Gasteiger partial charge in [-0.05, 0) is 55.8 Å². The van der Waals surface area contributed by atoms with Crippen LogP contribution in [0.2, 0.25) is 0 Å². The molecule has 170 valence electrons. The lowest BCUT2D eigenvalue weighted by molar-refractivity contribution is 0.0230. The van der Waals surface area contributed by atoms with E-state index in [1.807, 2.05) is 55.0 Å². The maximum atomic E-state index is 13.5. The molecule has 0 saturated carbocycles. The average molecular weight is 455 g/mol. The summed E-state index contributed by atoms with van der Waals surface area (Å²) < 4.78 is 19.3. The van der Waals surface area contributed by atoms with Crippen LogP contribution in [0.25, 0.3) is 10.9 Å². The van der Waals surface area contributed by atoms with E-state index in [0.717, 1.165) is 27.1 Å². The van der Waals surface area contributed by atoms with Crippen LogP contribution in [-0.2, 0) is 17.8 Å². The second kappa shape index (κ2) is 9.57. The Morgan fingerprint density at radius 1 is 1.19 bits per heavy atom. The van der Waals surface area contributed by atoms with Gasteiger partial charge in [-0.1, -0.05) is 18.2 Å². The molecule has 0 spiro atoms. The fourth-order valence-electron chi connectivity index (χ4n) is 3.77. The van der Waals surface area contributed by atoms with Crippen LogP contribution in [0, 0.1) is 0 Å². The number of nitrogens with zero attached hydrogens (tertiary/aromatic N) is 1. The number of ether oxygens (including phenoxy) is 3. The molecule has 7 heteroatoms. The quantitative estimate of drug-likeness (QED) is 0.518. The predicted octanol–water partition coefficient (Wildman–Crippen LogP) is 4.08. The van der Waals surface area contributed by atoms with Crippen molar-refractivity contribution in [3.8, 4) is 11.5 Å². The summed E-state index contributed by atoms with van der Waals surface area (Å²) in [4.78, 5) is 14.6. The largest absolute Gasteiger partial charge is 0.486 e. The number of thioether (sulfide) groups is 1. The first-order chi connectivity index (χ1) is 15.4. The molecule has 1 N–H and O–H groups in total. The van der Waals surface area contributed by atoms with Gasteiger partial charge in [0.25, 0.3) is 5.56 Å². The Morgan fingerprint density at radius 2 is 1.97 bits per heavy atom. The van der Waals surface area contributed by atoms with Crippen LogP contribution in [0.5, 0.6) is 11.5 Å². The summed E-state index contributed by atoms with van der Waals surface area (Å²) in [5.41, 5.74) is 1.31. The van der Waals surface area contributed by atoms with E-state index in [2.05, 4.69) is 23.5 Å². The number of para-hydroxylation sites is 2. The molecular formula is C25H30N2O4S. The number of nitrogens with one attached hydrogen (secondary N) is 1. The third-order valence-electron chi connectivity index (χ3n) is 5.75. The van der Waals surface area contributed by atoms with Gasteiger partial charge in [0, 0.05) is 30.7 Å². The first kappa shape index (κ1) is 22.7. The Morgan fingerprint density at radius 3 is 2.72 bits per heavy atom. The lowest BCUT2D eigenvalue weighted by Crippen LogP contribution is -2.39. The van der Waals surface area contributed by atoms with Gasteiger partial charge in [-0.25, -0.2) is 0 Å². The minimum atomic E-state index is -0.302. The van der Waals surface area contributed by atoms with Gasteiger partial charge in [-0.2, -0.15) is 0 Å². The molecule has 0 fully saturated rings. The molecule has 0 bridgehead atoms. The highest BCUT2D eigenvalue weighted by atomic mass is 32.2. The molecule has 6 nitrogen and oxygen atoms in total. The molecule has 32 heavy (non-hydrogen) atoms. The number of benzene rings is 2. The van der Waals surface area contributed by atoms with Crippen LogP contribution in [0.15, 0.2) is 58.2 Å². The summed E-state index contributed by atoms with van der Waals surface area (Å²) >= 11 is 1.66. The normalized spacial score (nSPS) is 15.8. The first-order valence-electron chi connectivity index (χ1n) is 10.7. The first-order valence-corrected chi connectivity index (χ1v) is 12.0. The molecule has 0 radical (unpaired) electrons. The van der Waals surface area contributed by atoms with Gasteiger partial charge in [0.1, 0.15) is 6.61 Å². The third-order valence-corrected chi connectivity index (χ3v) is 6.48. The summed E-state index contributed by atoms with van der Waals surface area (Å²) in [6.45, 7) is 5.96. The topological polar surface area (TPSA) is 61.7 Å². The number of rotatable bonds is 8. The molecule has 2 aromatic carbocycles. The summed E-state index contributed by atoms with van der Waals surface area (Å²) in [5, 5.41) is 4.40. The van der Waals surface area contributed by atoms with Gasteiger partial charge >= 0.3 is 0 Å². The van der Waals surface area contributed by atoms with Crippen LogP contribution in [0.1, 0.15) is 19.4 Å². The number of fused-ring (bicyclic) bond motifs is 2. The van der Waals surface area contributed by atoms with Crippen molar-refractivity contribution < 1.29 is 14.2 Å². The van der Waals surface area contributed by atoms with E-state index in [1.54, 1.807) is 18.9 Å². The molecule has 0 amide bonds. The van der Waals surface area contributed by atoms with E-state index < -0.39 is 0 Å². The molecule has 2 heterocycles. The summed E-state index contributed by atoms with van der Waals surface area (Å²) in [6, 6.07) is 15.9. The molecule has 4 rings (SSSR count). The molecule has 0 aliphatic carbocycles. The molecule has 1 atom stereocenters. The van der Waals surface area contributed by atoms with Gasteiger partial charge in [-0.3, -0.25) is 4.79 Å². The lowest BCUT2D eigenvalue weighted by atomic mass is 10.1. The monoisotopic (exact) mass is 454 g/mol. The van der Waals surface area contributed by atoms with E-state index in [0.29, 0.717) is 32.0 Å². The molecule has 3 aromatic rings. The van der Waals surface area contributed by atoms with E-state index in [-0.39, 0.29) is 17.3 Å². The Bertz CT molecular complexity index is 1160. The summed E-state index contributed by atoms with van der Waals surface area (Å²) in [6.07, 6.45) is 1.79. The van der Waals surface area contributed by atoms with Crippen molar-refractivity contribution in [3.05, 3.63) is 64.4 Å². The minimum Gasteiger partial charge on any atom is -0.486 e. The van der Waals surface area contributed by atoms with Crippen LogP contribution in [0.4, 0.5) is 0 Å². The number of hydrogen-bond acceptors (Lipinski definition) is 6. The van der Waals surface area contributed by atoms with Gasteiger partial charge in [0.05, 0.1) is 17.7 Å². The fourth-order valence-corrected chi connectivity index (χ4v) is 4.21. The zero-order valence-electron chi connectivity index (χ0n) is 19.0. The molecular weight excluding hydrogens is 424 g/mol. The van der Waals surface area contributed by atoms with Crippen LogP contribution >= 0.6 is 11.8 Å². The zero-order valence-corrected chi connectivity index (χ0v) is 19.8. The molecule has 0 unspecified atom stereocenters. The van der Waals surface area contributed by atoms with Gasteiger partial charge < -0.3 is 24.1 Å². The molecule has 1 aromatic heterocycles. The van der Waals surface area contributed by atoms with Crippen LogP contribution in [0.3, 0.4) is 0 Å². The highest BCUT2D eigenvalue weighted by Crippen LogP contribution is 2.31. The number of aromatic nitrogens is 1. The van der Waals surface area contributed by atoms with Gasteiger partial charge in [0.15, 0.2) is 17.6 Å². The zero-order chi connectivity index (χ0) is 22.7. The van der Waals surface area contributed by atoms with Crippen molar-refractivity contribution in [2.45, 2.75) is 43.5 Å². The third kappa shape index (κ3) is 4.95. The maximum absolute atomic E-state index is 13.5. The Hall–Kier alpha value is -2.48. The summed E-state index contributed by atoms with van der Waals surface area (Å²) in [7, 11) is 1.69. The van der Waals surface area contributed by atoms with Crippen LogP contribution < -0.4 is 20.3 Å².